The van der Waals surface area contributed by atoms with Crippen molar-refractivity contribution in [3.05, 3.63) is 0 Å². The first-order valence-corrected chi connectivity index (χ1v) is 7.48. The van der Waals surface area contributed by atoms with E-state index in [1.54, 1.807) is 0 Å². The molecule has 0 radical (unpaired) electrons. The Morgan fingerprint density at radius 3 is 2.88 bits per heavy atom. The highest BCUT2D eigenvalue weighted by molar-refractivity contribution is 4.95. The van der Waals surface area contributed by atoms with Gasteiger partial charge in [-0.25, -0.2) is 0 Å². The number of nitrogens with one attached hydrogen (secondary N) is 1. The Kier molecular flexibility index (Phi) is 4.48. The van der Waals surface area contributed by atoms with Gasteiger partial charge in [0.05, 0.1) is 6.10 Å². The van der Waals surface area contributed by atoms with Crippen LogP contribution in [0.5, 0.6) is 0 Å². The van der Waals surface area contributed by atoms with Crippen LogP contribution in [0.4, 0.5) is 0 Å². The fourth-order valence-corrected chi connectivity index (χ4v) is 3.84. The average Bonchev–Trinajstić information content (AvgIpc) is 2.32. The van der Waals surface area contributed by atoms with Crippen molar-refractivity contribution in [2.24, 2.45) is 17.3 Å². The minimum absolute atomic E-state index is 0.525. The molecule has 2 heteroatoms. The lowest BCUT2D eigenvalue weighted by Crippen LogP contribution is -2.50. The Morgan fingerprint density at radius 2 is 2.18 bits per heavy atom. The summed E-state index contributed by atoms with van der Waals surface area (Å²) in [5, 5.41) is 3.60. The summed E-state index contributed by atoms with van der Waals surface area (Å²) in [6, 6.07) is 0. The lowest BCUT2D eigenvalue weighted by atomic mass is 9.62. The maximum atomic E-state index is 5.89. The van der Waals surface area contributed by atoms with Gasteiger partial charge in [-0.1, -0.05) is 20.8 Å². The van der Waals surface area contributed by atoms with E-state index in [1.165, 1.54) is 45.2 Å². The summed E-state index contributed by atoms with van der Waals surface area (Å²) in [7, 11) is 0. The fourth-order valence-electron chi connectivity index (χ4n) is 3.84. The van der Waals surface area contributed by atoms with E-state index >= 15 is 0 Å². The first-order chi connectivity index (χ1) is 8.16. The van der Waals surface area contributed by atoms with Gasteiger partial charge >= 0.3 is 0 Å². The number of piperidine rings is 1. The van der Waals surface area contributed by atoms with Crippen LogP contribution in [-0.4, -0.2) is 25.8 Å². The van der Waals surface area contributed by atoms with Gasteiger partial charge in [-0.2, -0.15) is 0 Å². The number of hydrogen-bond donors (Lipinski definition) is 1. The third-order valence-corrected chi connectivity index (χ3v) is 4.86. The van der Waals surface area contributed by atoms with Crippen LogP contribution in [0.2, 0.25) is 0 Å². The van der Waals surface area contributed by atoms with Gasteiger partial charge in [0.25, 0.3) is 0 Å². The quantitative estimate of drug-likeness (QED) is 0.816. The van der Waals surface area contributed by atoms with Crippen LogP contribution in [0.15, 0.2) is 0 Å². The Labute approximate surface area is 107 Å². The van der Waals surface area contributed by atoms with Gasteiger partial charge < -0.3 is 10.1 Å². The Morgan fingerprint density at radius 1 is 1.35 bits per heavy atom. The second-order valence-corrected chi connectivity index (χ2v) is 6.50. The third kappa shape index (κ3) is 3.03. The van der Waals surface area contributed by atoms with Crippen LogP contribution in [0.1, 0.15) is 52.9 Å². The molecule has 0 aromatic heterocycles. The maximum absolute atomic E-state index is 5.89. The van der Waals surface area contributed by atoms with E-state index < -0.39 is 0 Å². The first kappa shape index (κ1) is 13.4. The Hall–Kier alpha value is -0.0800. The van der Waals surface area contributed by atoms with Crippen molar-refractivity contribution in [2.75, 3.05) is 19.7 Å². The summed E-state index contributed by atoms with van der Waals surface area (Å²) in [4.78, 5) is 0. The molecule has 1 spiro atoms. The molecular formula is C15H29NO. The van der Waals surface area contributed by atoms with E-state index in [-0.39, 0.29) is 0 Å². The molecule has 2 aliphatic heterocycles. The molecule has 0 aromatic carbocycles. The highest BCUT2D eigenvalue weighted by Crippen LogP contribution is 2.47. The molecule has 2 heterocycles. The van der Waals surface area contributed by atoms with E-state index in [4.69, 9.17) is 4.74 Å². The van der Waals surface area contributed by atoms with Crippen LogP contribution < -0.4 is 5.32 Å². The van der Waals surface area contributed by atoms with Gasteiger partial charge in [0.1, 0.15) is 0 Å². The summed E-state index contributed by atoms with van der Waals surface area (Å²) < 4.78 is 5.89. The monoisotopic (exact) mass is 239 g/mol. The van der Waals surface area contributed by atoms with Crippen molar-refractivity contribution < 1.29 is 4.74 Å². The normalized spacial score (nSPS) is 38.8. The predicted molar refractivity (Wildman–Crippen MR) is 72.1 cm³/mol. The fraction of sp³-hybridized carbons (Fsp3) is 1.00. The number of hydrogen-bond acceptors (Lipinski definition) is 2. The molecule has 0 bridgehead atoms. The van der Waals surface area contributed by atoms with Gasteiger partial charge in [0, 0.05) is 6.61 Å². The zero-order chi connectivity index (χ0) is 12.3. The lowest BCUT2D eigenvalue weighted by molar-refractivity contribution is -0.0869. The summed E-state index contributed by atoms with van der Waals surface area (Å²) in [6.07, 6.45) is 7.05. The molecule has 1 N–H and O–H groups in total. The third-order valence-electron chi connectivity index (χ3n) is 4.86. The number of rotatable bonds is 3. The molecule has 0 aliphatic carbocycles. The van der Waals surface area contributed by atoms with E-state index in [9.17, 15) is 0 Å². The van der Waals surface area contributed by atoms with E-state index in [0.717, 1.165) is 18.4 Å². The molecule has 2 nitrogen and oxygen atoms in total. The van der Waals surface area contributed by atoms with E-state index in [2.05, 4.69) is 26.1 Å². The molecule has 0 saturated carbocycles. The molecule has 100 valence electrons. The zero-order valence-corrected chi connectivity index (χ0v) is 11.8. The first-order valence-electron chi connectivity index (χ1n) is 7.48. The van der Waals surface area contributed by atoms with Gasteiger partial charge in [-0.15, -0.1) is 0 Å². The molecule has 3 unspecified atom stereocenters. The molecule has 0 aromatic rings. The number of ether oxygens (including phenoxy) is 1. The Bertz CT molecular complexity index is 237. The van der Waals surface area contributed by atoms with Gasteiger partial charge in [0.2, 0.25) is 0 Å². The predicted octanol–water partition coefficient (Wildman–Crippen LogP) is 3.22. The highest BCUT2D eigenvalue weighted by Gasteiger charge is 2.43. The van der Waals surface area contributed by atoms with Crippen molar-refractivity contribution in [3.63, 3.8) is 0 Å². The van der Waals surface area contributed by atoms with Gasteiger partial charge in [0.15, 0.2) is 0 Å². The maximum Gasteiger partial charge on any atom is 0.0578 e. The van der Waals surface area contributed by atoms with Gasteiger partial charge in [-0.3, -0.25) is 0 Å². The van der Waals surface area contributed by atoms with Crippen molar-refractivity contribution >= 4 is 0 Å². The van der Waals surface area contributed by atoms with Crippen molar-refractivity contribution in [1.29, 1.82) is 0 Å². The van der Waals surface area contributed by atoms with Crippen LogP contribution in [0.3, 0.4) is 0 Å². The van der Waals surface area contributed by atoms with Crippen LogP contribution in [0.25, 0.3) is 0 Å². The molecule has 2 saturated heterocycles. The van der Waals surface area contributed by atoms with Crippen molar-refractivity contribution in [1.82, 2.24) is 5.32 Å². The highest BCUT2D eigenvalue weighted by atomic mass is 16.5. The smallest absolute Gasteiger partial charge is 0.0578 e. The minimum Gasteiger partial charge on any atom is -0.378 e. The molecule has 0 amide bonds. The summed E-state index contributed by atoms with van der Waals surface area (Å²) in [5.41, 5.74) is 0.592. The molecule has 3 atom stereocenters. The van der Waals surface area contributed by atoms with Crippen LogP contribution >= 0.6 is 0 Å². The summed E-state index contributed by atoms with van der Waals surface area (Å²) in [6.45, 7) is 10.4. The summed E-state index contributed by atoms with van der Waals surface area (Å²) >= 11 is 0. The van der Waals surface area contributed by atoms with E-state index in [1.807, 2.05) is 0 Å². The standard InChI is InChI=1S/C15H29NO/c1-4-14-10-15(6-8-17-14)5-7-16-11-13(15)9-12(2)3/h12-14,16H,4-11H2,1-3H3. The molecular weight excluding hydrogens is 210 g/mol. The lowest BCUT2D eigenvalue weighted by Gasteiger charge is -2.49. The SMILES string of the molecule is CCC1CC2(CCNCC2CC(C)C)CCO1. The van der Waals surface area contributed by atoms with Gasteiger partial charge in [-0.05, 0) is 62.4 Å². The topological polar surface area (TPSA) is 21.3 Å². The molecule has 2 fully saturated rings. The Balaban J connectivity index is 2.07. The molecule has 2 aliphatic rings. The zero-order valence-electron chi connectivity index (χ0n) is 11.8. The summed E-state index contributed by atoms with van der Waals surface area (Å²) in [5.74, 6) is 1.69. The van der Waals surface area contributed by atoms with Crippen LogP contribution in [-0.2, 0) is 4.74 Å². The minimum atomic E-state index is 0.525. The largest absolute Gasteiger partial charge is 0.378 e. The van der Waals surface area contributed by atoms with E-state index in [0.29, 0.717) is 11.5 Å². The molecule has 17 heavy (non-hydrogen) atoms. The van der Waals surface area contributed by atoms with Crippen molar-refractivity contribution in [2.45, 2.75) is 59.0 Å². The van der Waals surface area contributed by atoms with Crippen LogP contribution in [0, 0.1) is 17.3 Å². The molecule has 2 rings (SSSR count). The van der Waals surface area contributed by atoms with Crippen molar-refractivity contribution in [3.8, 4) is 0 Å². The average molecular weight is 239 g/mol. The second-order valence-electron chi connectivity index (χ2n) is 6.50. The second kappa shape index (κ2) is 5.71.